The maximum Gasteiger partial charge on any atom is 0.358 e. The van der Waals surface area contributed by atoms with Crippen molar-refractivity contribution in [1.82, 2.24) is 14.1 Å². The number of thioether (sulfide) groups is 1. The van der Waals surface area contributed by atoms with Crippen molar-refractivity contribution >= 4 is 11.8 Å². The van der Waals surface area contributed by atoms with Gasteiger partial charge in [0.2, 0.25) is 0 Å². The molecule has 6 heteroatoms. The molecule has 0 radical (unpaired) electrons. The Bertz CT molecular complexity index is 675. The minimum atomic E-state index is -0.512. The van der Waals surface area contributed by atoms with Crippen LogP contribution in [0.4, 0.5) is 0 Å². The molecular weight excluding hydrogens is 238 g/mol. The van der Waals surface area contributed by atoms with E-state index in [0.717, 1.165) is 10.3 Å². The molecule has 0 fully saturated rings. The van der Waals surface area contributed by atoms with E-state index < -0.39 is 5.69 Å². The van der Waals surface area contributed by atoms with Crippen LogP contribution in [0.25, 0.3) is 5.69 Å². The lowest BCUT2D eigenvalue weighted by molar-refractivity contribution is 0.580. The van der Waals surface area contributed by atoms with Crippen LogP contribution in [0.15, 0.2) is 45.1 Å². The van der Waals surface area contributed by atoms with Crippen LogP contribution in [-0.4, -0.2) is 19.9 Å². The standard InChI is InChI=1S/C11H9N3O2S/c15-9-12-10-13(6-7-17-10)11(16)14(9)8-4-2-1-3-5-8/h1-5H,6-7H2. The van der Waals surface area contributed by atoms with Crippen molar-refractivity contribution in [2.45, 2.75) is 11.7 Å². The van der Waals surface area contributed by atoms with Crippen molar-refractivity contribution in [3.63, 3.8) is 0 Å². The highest BCUT2D eigenvalue weighted by molar-refractivity contribution is 7.99. The smallest absolute Gasteiger partial charge is 0.271 e. The van der Waals surface area contributed by atoms with Crippen molar-refractivity contribution < 1.29 is 0 Å². The summed E-state index contributed by atoms with van der Waals surface area (Å²) in [7, 11) is 0. The third-order valence-electron chi connectivity index (χ3n) is 2.60. The minimum Gasteiger partial charge on any atom is -0.271 e. The maximum absolute atomic E-state index is 12.2. The van der Waals surface area contributed by atoms with Gasteiger partial charge in [0.15, 0.2) is 5.16 Å². The van der Waals surface area contributed by atoms with E-state index in [2.05, 4.69) is 4.98 Å². The largest absolute Gasteiger partial charge is 0.358 e. The number of benzene rings is 1. The van der Waals surface area contributed by atoms with E-state index in [1.165, 1.54) is 11.8 Å². The molecule has 0 spiro atoms. The summed E-state index contributed by atoms with van der Waals surface area (Å²) in [6, 6.07) is 8.85. The van der Waals surface area contributed by atoms with Crippen molar-refractivity contribution in [2.24, 2.45) is 0 Å². The zero-order valence-electron chi connectivity index (χ0n) is 8.87. The third-order valence-corrected chi connectivity index (χ3v) is 3.55. The molecule has 5 nitrogen and oxygen atoms in total. The molecule has 1 aliphatic rings. The predicted molar refractivity (Wildman–Crippen MR) is 64.8 cm³/mol. The number of para-hydroxylation sites is 1. The lowest BCUT2D eigenvalue weighted by Crippen LogP contribution is -2.40. The molecule has 0 saturated carbocycles. The summed E-state index contributed by atoms with van der Waals surface area (Å²) in [5.74, 6) is 0.792. The monoisotopic (exact) mass is 247 g/mol. The normalized spacial score (nSPS) is 13.6. The molecule has 2 aromatic rings. The fraction of sp³-hybridized carbons (Fsp3) is 0.182. The van der Waals surface area contributed by atoms with Crippen LogP contribution in [0.5, 0.6) is 0 Å². The van der Waals surface area contributed by atoms with Crippen LogP contribution >= 0.6 is 11.8 Å². The molecule has 0 saturated heterocycles. The van der Waals surface area contributed by atoms with Gasteiger partial charge >= 0.3 is 11.4 Å². The van der Waals surface area contributed by atoms with E-state index in [1.54, 1.807) is 28.8 Å². The van der Waals surface area contributed by atoms with Gasteiger partial charge in [-0.3, -0.25) is 4.57 Å². The average Bonchev–Trinajstić information content (AvgIpc) is 2.78. The van der Waals surface area contributed by atoms with Crippen LogP contribution in [0.1, 0.15) is 0 Å². The van der Waals surface area contributed by atoms with Gasteiger partial charge in [-0.25, -0.2) is 14.2 Å². The van der Waals surface area contributed by atoms with Gasteiger partial charge in [0.05, 0.1) is 5.69 Å². The van der Waals surface area contributed by atoms with Crippen molar-refractivity contribution in [1.29, 1.82) is 0 Å². The van der Waals surface area contributed by atoms with Crippen molar-refractivity contribution in [3.8, 4) is 5.69 Å². The van der Waals surface area contributed by atoms with Gasteiger partial charge in [-0.05, 0) is 12.1 Å². The zero-order chi connectivity index (χ0) is 11.8. The molecule has 0 unspecified atom stereocenters. The summed E-state index contributed by atoms with van der Waals surface area (Å²) < 4.78 is 2.65. The second-order valence-electron chi connectivity index (χ2n) is 3.63. The average molecular weight is 247 g/mol. The molecule has 0 atom stereocenters. The predicted octanol–water partition coefficient (Wildman–Crippen LogP) is 0.500. The number of rotatable bonds is 1. The zero-order valence-corrected chi connectivity index (χ0v) is 9.68. The van der Waals surface area contributed by atoms with Gasteiger partial charge in [-0.2, -0.15) is 4.98 Å². The Morgan fingerprint density at radius 1 is 1.18 bits per heavy atom. The Balaban J connectivity index is 2.33. The Hall–Kier alpha value is -1.82. The summed E-state index contributed by atoms with van der Waals surface area (Å²) in [5.41, 5.74) is -0.264. The van der Waals surface area contributed by atoms with Gasteiger partial charge in [-0.15, -0.1) is 0 Å². The first kappa shape index (κ1) is 10.3. The van der Waals surface area contributed by atoms with Gasteiger partial charge in [-0.1, -0.05) is 30.0 Å². The fourth-order valence-corrected chi connectivity index (χ4v) is 2.73. The Kier molecular flexibility index (Phi) is 2.36. The minimum absolute atomic E-state index is 0.309. The third kappa shape index (κ3) is 1.61. The van der Waals surface area contributed by atoms with Crippen molar-refractivity contribution in [2.75, 3.05) is 5.75 Å². The first-order chi connectivity index (χ1) is 8.27. The lowest BCUT2D eigenvalue weighted by Gasteiger charge is -2.06. The van der Waals surface area contributed by atoms with Crippen LogP contribution < -0.4 is 11.4 Å². The van der Waals surface area contributed by atoms with Crippen LogP contribution in [0.2, 0.25) is 0 Å². The summed E-state index contributed by atoms with van der Waals surface area (Å²) in [4.78, 5) is 27.9. The van der Waals surface area contributed by atoms with Gasteiger partial charge < -0.3 is 0 Å². The molecule has 2 heterocycles. The molecule has 0 N–H and O–H groups in total. The highest BCUT2D eigenvalue weighted by atomic mass is 32.2. The molecule has 1 aromatic carbocycles. The summed E-state index contributed by atoms with van der Waals surface area (Å²) in [5, 5.41) is 0.521. The van der Waals surface area contributed by atoms with Crippen LogP contribution in [0.3, 0.4) is 0 Å². The number of aromatic nitrogens is 3. The number of hydrogen-bond acceptors (Lipinski definition) is 4. The Labute approximate surface area is 101 Å². The number of nitrogens with zero attached hydrogens (tertiary/aromatic N) is 3. The highest BCUT2D eigenvalue weighted by Crippen LogP contribution is 2.19. The SMILES string of the molecule is O=c1nc2n(c(=O)n1-c1ccccc1)CCS2. The fourth-order valence-electron chi connectivity index (χ4n) is 1.80. The highest BCUT2D eigenvalue weighted by Gasteiger charge is 2.18. The summed E-state index contributed by atoms with van der Waals surface area (Å²) in [6.45, 7) is 0.610. The van der Waals surface area contributed by atoms with Crippen LogP contribution in [-0.2, 0) is 6.54 Å². The molecule has 0 aliphatic carbocycles. The number of fused-ring (bicyclic) bond motifs is 1. The second-order valence-corrected chi connectivity index (χ2v) is 4.69. The quantitative estimate of drug-likeness (QED) is 0.736. The summed E-state index contributed by atoms with van der Waals surface area (Å²) in [6.07, 6.45) is 0. The van der Waals surface area contributed by atoms with Gasteiger partial charge in [0.1, 0.15) is 0 Å². The van der Waals surface area contributed by atoms with E-state index in [1.807, 2.05) is 6.07 Å². The first-order valence-corrected chi connectivity index (χ1v) is 6.18. The van der Waals surface area contributed by atoms with E-state index in [-0.39, 0.29) is 5.69 Å². The van der Waals surface area contributed by atoms with E-state index in [4.69, 9.17) is 0 Å². The molecule has 0 amide bonds. The van der Waals surface area contributed by atoms with Crippen LogP contribution in [0, 0.1) is 0 Å². The van der Waals surface area contributed by atoms with Crippen molar-refractivity contribution in [3.05, 3.63) is 51.3 Å². The molecule has 1 aliphatic heterocycles. The second kappa shape index (κ2) is 3.89. The van der Waals surface area contributed by atoms with E-state index in [0.29, 0.717) is 17.4 Å². The molecule has 3 rings (SSSR count). The lowest BCUT2D eigenvalue weighted by atomic mass is 10.3. The Morgan fingerprint density at radius 2 is 1.94 bits per heavy atom. The van der Waals surface area contributed by atoms with Gasteiger partial charge in [0, 0.05) is 12.3 Å². The topological polar surface area (TPSA) is 56.9 Å². The van der Waals surface area contributed by atoms with E-state index >= 15 is 0 Å². The molecule has 0 bridgehead atoms. The Morgan fingerprint density at radius 3 is 2.71 bits per heavy atom. The van der Waals surface area contributed by atoms with Gasteiger partial charge in [0.25, 0.3) is 0 Å². The molecule has 17 heavy (non-hydrogen) atoms. The maximum atomic E-state index is 12.2. The molecular formula is C11H9N3O2S. The van der Waals surface area contributed by atoms with E-state index in [9.17, 15) is 9.59 Å². The number of hydrogen-bond donors (Lipinski definition) is 0. The molecule has 1 aromatic heterocycles. The first-order valence-electron chi connectivity index (χ1n) is 5.19. The summed E-state index contributed by atoms with van der Waals surface area (Å²) >= 11 is 1.44. The molecule has 86 valence electrons.